The highest BCUT2D eigenvalue weighted by molar-refractivity contribution is 5.76. The molecule has 1 N–H and O–H groups in total. The number of hydrogen-bond donors (Lipinski definition) is 1. The van der Waals surface area contributed by atoms with Crippen LogP contribution in [0.15, 0.2) is 0 Å². The first kappa shape index (κ1) is 18.1. The second-order valence-electron chi connectivity index (χ2n) is 8.79. The van der Waals surface area contributed by atoms with Crippen LogP contribution in [-0.2, 0) is 9.53 Å². The summed E-state index contributed by atoms with van der Waals surface area (Å²) in [6, 6.07) is 0. The Morgan fingerprint density at radius 3 is 1.91 bits per heavy atom. The van der Waals surface area contributed by atoms with E-state index in [2.05, 4.69) is 13.8 Å². The second kappa shape index (κ2) is 5.99. The molecule has 0 atom stereocenters. The average molecular weight is 325 g/mol. The van der Waals surface area contributed by atoms with Crippen LogP contribution >= 0.6 is 0 Å². The minimum atomic E-state index is -0.668. The van der Waals surface area contributed by atoms with E-state index < -0.39 is 17.0 Å². The topological polar surface area (TPSA) is 66.8 Å². The maximum atomic E-state index is 12.8. The average Bonchev–Trinajstić information content (AvgIpc) is 2.44. The number of ether oxygens (including phenoxy) is 1. The molecule has 0 aliphatic heterocycles. The summed E-state index contributed by atoms with van der Waals surface area (Å²) >= 11 is 0. The van der Waals surface area contributed by atoms with Crippen molar-refractivity contribution in [1.82, 2.24) is 4.90 Å². The second-order valence-corrected chi connectivity index (χ2v) is 8.79. The van der Waals surface area contributed by atoms with Crippen LogP contribution in [0.4, 0.5) is 4.79 Å². The van der Waals surface area contributed by atoms with E-state index in [0.29, 0.717) is 31.7 Å². The summed E-state index contributed by atoms with van der Waals surface area (Å²) in [4.78, 5) is 26.3. The number of carboxylic acid groups (broad SMARTS) is 1. The summed E-state index contributed by atoms with van der Waals surface area (Å²) in [5, 5.41) is 9.54. The maximum absolute atomic E-state index is 12.8. The smallest absolute Gasteiger partial charge is 0.410 e. The minimum Gasteiger partial charge on any atom is -0.481 e. The molecule has 0 unspecified atom stereocenters. The van der Waals surface area contributed by atoms with E-state index in [1.165, 1.54) is 0 Å². The number of rotatable bonds is 4. The highest BCUT2D eigenvalue weighted by atomic mass is 16.6. The number of amides is 1. The van der Waals surface area contributed by atoms with E-state index in [-0.39, 0.29) is 11.6 Å². The van der Waals surface area contributed by atoms with Gasteiger partial charge in [0.25, 0.3) is 0 Å². The zero-order valence-electron chi connectivity index (χ0n) is 15.1. The fourth-order valence-electron chi connectivity index (χ4n) is 4.04. The number of carbonyl (C=O) groups excluding carboxylic acids is 1. The van der Waals surface area contributed by atoms with E-state index in [0.717, 1.165) is 19.3 Å². The van der Waals surface area contributed by atoms with E-state index in [9.17, 15) is 14.7 Å². The monoisotopic (exact) mass is 325 g/mol. The third-order valence-corrected chi connectivity index (χ3v) is 5.39. The van der Waals surface area contributed by atoms with Gasteiger partial charge in [0.2, 0.25) is 0 Å². The molecule has 0 aromatic carbocycles. The van der Waals surface area contributed by atoms with Crippen molar-refractivity contribution < 1.29 is 19.4 Å². The van der Waals surface area contributed by atoms with Crippen molar-refractivity contribution in [2.75, 3.05) is 6.54 Å². The quantitative estimate of drug-likeness (QED) is 0.846. The van der Waals surface area contributed by atoms with Gasteiger partial charge in [-0.25, -0.2) is 4.79 Å². The summed E-state index contributed by atoms with van der Waals surface area (Å²) in [6.07, 6.45) is 4.05. The molecule has 3 rings (SSSR count). The van der Waals surface area contributed by atoms with Crippen LogP contribution in [0.2, 0.25) is 0 Å². The first-order valence-electron chi connectivity index (χ1n) is 8.74. The highest BCUT2D eigenvalue weighted by Gasteiger charge is 2.56. The maximum Gasteiger partial charge on any atom is 0.410 e. The molecule has 0 radical (unpaired) electrons. The molecule has 132 valence electrons. The molecule has 2 bridgehead atoms. The Hall–Kier alpha value is -1.26. The van der Waals surface area contributed by atoms with E-state index in [4.69, 9.17) is 4.74 Å². The third-order valence-electron chi connectivity index (χ3n) is 5.39. The Labute approximate surface area is 139 Å². The first-order chi connectivity index (χ1) is 10.5. The lowest BCUT2D eigenvalue weighted by atomic mass is 9.56. The molecule has 0 aromatic rings. The van der Waals surface area contributed by atoms with Gasteiger partial charge in [0.15, 0.2) is 0 Å². The molecular weight excluding hydrogens is 294 g/mol. The van der Waals surface area contributed by atoms with Gasteiger partial charge in [-0.05, 0) is 65.2 Å². The molecule has 23 heavy (non-hydrogen) atoms. The number of fused-ring (bicyclic) bond motifs is 3. The normalized spacial score (nSPS) is 30.3. The van der Waals surface area contributed by atoms with Crippen LogP contribution in [0.3, 0.4) is 0 Å². The highest BCUT2D eigenvalue weighted by Crippen LogP contribution is 2.55. The molecule has 3 aliphatic rings. The lowest BCUT2D eigenvalue weighted by Crippen LogP contribution is -2.61. The molecule has 3 saturated carbocycles. The van der Waals surface area contributed by atoms with Gasteiger partial charge in [0.1, 0.15) is 5.60 Å². The number of nitrogens with zero attached hydrogens (tertiary/aromatic N) is 1. The van der Waals surface area contributed by atoms with Gasteiger partial charge in [-0.1, -0.05) is 13.8 Å². The SMILES string of the molecule is CC(C)CN(C(=O)OC(C)(C)C)C12CCC(C(=O)O)(CC1)CC2. The van der Waals surface area contributed by atoms with Crippen molar-refractivity contribution in [3.8, 4) is 0 Å². The van der Waals surface area contributed by atoms with Gasteiger partial charge < -0.3 is 14.7 Å². The van der Waals surface area contributed by atoms with Crippen LogP contribution < -0.4 is 0 Å². The molecule has 0 saturated heterocycles. The Bertz CT molecular complexity index is 453. The summed E-state index contributed by atoms with van der Waals surface area (Å²) in [7, 11) is 0. The van der Waals surface area contributed by atoms with Crippen LogP contribution in [0.5, 0.6) is 0 Å². The molecule has 3 aliphatic carbocycles. The largest absolute Gasteiger partial charge is 0.481 e. The summed E-state index contributed by atoms with van der Waals surface area (Å²) in [5.74, 6) is -0.316. The van der Waals surface area contributed by atoms with Gasteiger partial charge >= 0.3 is 12.1 Å². The number of aliphatic carboxylic acids is 1. The fraction of sp³-hybridized carbons (Fsp3) is 0.889. The lowest BCUT2D eigenvalue weighted by Gasteiger charge is -2.56. The zero-order chi connectivity index (χ0) is 17.5. The van der Waals surface area contributed by atoms with E-state index >= 15 is 0 Å². The van der Waals surface area contributed by atoms with Crippen molar-refractivity contribution in [3.05, 3.63) is 0 Å². The van der Waals surface area contributed by atoms with Crippen LogP contribution in [0.1, 0.15) is 73.1 Å². The molecule has 0 aromatic heterocycles. The van der Waals surface area contributed by atoms with Crippen molar-refractivity contribution in [3.63, 3.8) is 0 Å². The zero-order valence-corrected chi connectivity index (χ0v) is 15.1. The van der Waals surface area contributed by atoms with Crippen LogP contribution in [0.25, 0.3) is 0 Å². The molecular formula is C18H31NO4. The number of hydrogen-bond acceptors (Lipinski definition) is 3. The van der Waals surface area contributed by atoms with Gasteiger partial charge in [-0.15, -0.1) is 0 Å². The molecule has 0 spiro atoms. The number of carboxylic acids is 1. The van der Waals surface area contributed by atoms with Crippen molar-refractivity contribution >= 4 is 12.1 Å². The molecule has 0 heterocycles. The standard InChI is InChI=1S/C18H31NO4/c1-13(2)12-19(15(22)23-16(3,4)5)18-9-6-17(7-10-18,8-11-18)14(20)21/h13H,6-12H2,1-5H3,(H,20,21). The predicted molar refractivity (Wildman–Crippen MR) is 88.3 cm³/mol. The third kappa shape index (κ3) is 3.64. The van der Waals surface area contributed by atoms with Gasteiger partial charge in [0, 0.05) is 12.1 Å². The van der Waals surface area contributed by atoms with Crippen molar-refractivity contribution in [2.45, 2.75) is 84.3 Å². The summed E-state index contributed by atoms with van der Waals surface area (Å²) in [5.41, 5.74) is -1.29. The molecule has 5 nitrogen and oxygen atoms in total. The van der Waals surface area contributed by atoms with Crippen LogP contribution in [0, 0.1) is 11.3 Å². The fourth-order valence-corrected chi connectivity index (χ4v) is 4.04. The lowest BCUT2D eigenvalue weighted by molar-refractivity contribution is -0.160. The minimum absolute atomic E-state index is 0.218. The van der Waals surface area contributed by atoms with Gasteiger partial charge in [-0.2, -0.15) is 0 Å². The number of carbonyl (C=O) groups is 2. The molecule has 3 fully saturated rings. The van der Waals surface area contributed by atoms with E-state index in [1.54, 1.807) is 0 Å². The predicted octanol–water partition coefficient (Wildman–Crippen LogP) is 4.06. The Morgan fingerprint density at radius 2 is 1.57 bits per heavy atom. The first-order valence-corrected chi connectivity index (χ1v) is 8.74. The van der Waals surface area contributed by atoms with E-state index in [1.807, 2.05) is 25.7 Å². The Morgan fingerprint density at radius 1 is 1.09 bits per heavy atom. The summed E-state index contributed by atoms with van der Waals surface area (Å²) in [6.45, 7) is 10.5. The van der Waals surface area contributed by atoms with Crippen molar-refractivity contribution in [1.29, 1.82) is 0 Å². The van der Waals surface area contributed by atoms with Crippen LogP contribution in [-0.4, -0.2) is 39.8 Å². The van der Waals surface area contributed by atoms with Gasteiger partial charge in [0.05, 0.1) is 5.41 Å². The van der Waals surface area contributed by atoms with Gasteiger partial charge in [-0.3, -0.25) is 4.79 Å². The Kier molecular flexibility index (Phi) is 4.71. The summed E-state index contributed by atoms with van der Waals surface area (Å²) < 4.78 is 5.64. The van der Waals surface area contributed by atoms with Crippen molar-refractivity contribution in [2.24, 2.45) is 11.3 Å². The molecule has 5 heteroatoms. The molecule has 1 amide bonds. The Balaban J connectivity index is 2.20.